The fraction of sp³-hybridized carbons (Fsp3) is 0.529. The van der Waals surface area contributed by atoms with Crippen LogP contribution in [0, 0.1) is 0 Å². The average Bonchev–Trinajstić information content (AvgIpc) is 2.47. The summed E-state index contributed by atoms with van der Waals surface area (Å²) < 4.78 is 0. The highest BCUT2D eigenvalue weighted by Crippen LogP contribution is 2.14. The van der Waals surface area contributed by atoms with Crippen LogP contribution in [0.25, 0.3) is 0 Å². The van der Waals surface area contributed by atoms with Crippen molar-refractivity contribution < 1.29 is 14.7 Å². The Morgan fingerprint density at radius 1 is 1.36 bits per heavy atom. The van der Waals surface area contributed by atoms with Crippen LogP contribution in [0.4, 0.5) is 0 Å². The van der Waals surface area contributed by atoms with E-state index in [-0.39, 0.29) is 11.8 Å². The first kappa shape index (κ1) is 16.5. The van der Waals surface area contributed by atoms with Crippen LogP contribution in [0.3, 0.4) is 0 Å². The Bertz CT molecular complexity index is 532. The Labute approximate surface area is 131 Å². The number of aryl methyl sites for hydroxylation is 1. The second-order valence-electron chi connectivity index (χ2n) is 6.47. The third-order valence-electron chi connectivity index (χ3n) is 3.83. The Hall–Kier alpha value is -1.88. The van der Waals surface area contributed by atoms with E-state index in [9.17, 15) is 14.7 Å². The Kier molecular flexibility index (Phi) is 5.19. The fourth-order valence-corrected chi connectivity index (χ4v) is 2.42. The SMILES string of the molecule is CC(C)(O)CCc1ccc(C(=O)NC2CCCNC2=O)cc1. The van der Waals surface area contributed by atoms with E-state index in [0.29, 0.717) is 24.9 Å². The molecule has 1 fully saturated rings. The van der Waals surface area contributed by atoms with Crippen LogP contribution >= 0.6 is 0 Å². The summed E-state index contributed by atoms with van der Waals surface area (Å²) in [5.74, 6) is -0.336. The highest BCUT2D eigenvalue weighted by Gasteiger charge is 2.23. The van der Waals surface area contributed by atoms with Gasteiger partial charge in [-0.25, -0.2) is 0 Å². The van der Waals surface area contributed by atoms with Gasteiger partial charge in [0.05, 0.1) is 5.60 Å². The number of hydrogen-bond acceptors (Lipinski definition) is 3. The summed E-state index contributed by atoms with van der Waals surface area (Å²) in [6.45, 7) is 4.25. The number of piperidine rings is 1. The monoisotopic (exact) mass is 304 g/mol. The molecule has 1 aliphatic heterocycles. The zero-order valence-electron chi connectivity index (χ0n) is 13.2. The summed E-state index contributed by atoms with van der Waals surface area (Å²) in [4.78, 5) is 23.8. The molecule has 1 aromatic rings. The van der Waals surface area contributed by atoms with Crippen LogP contribution in [0.2, 0.25) is 0 Å². The Morgan fingerprint density at radius 3 is 2.64 bits per heavy atom. The number of carbonyl (C=O) groups excluding carboxylic acids is 2. The Morgan fingerprint density at radius 2 is 2.05 bits per heavy atom. The van der Waals surface area contributed by atoms with Gasteiger partial charge in [0.2, 0.25) is 5.91 Å². The molecule has 1 atom stereocenters. The van der Waals surface area contributed by atoms with Gasteiger partial charge in [-0.1, -0.05) is 12.1 Å². The van der Waals surface area contributed by atoms with Crippen LogP contribution in [-0.2, 0) is 11.2 Å². The molecule has 0 saturated carbocycles. The molecule has 5 heteroatoms. The van der Waals surface area contributed by atoms with Crippen molar-refractivity contribution in [2.75, 3.05) is 6.54 Å². The van der Waals surface area contributed by atoms with Gasteiger partial charge in [-0.2, -0.15) is 0 Å². The fourth-order valence-electron chi connectivity index (χ4n) is 2.42. The summed E-state index contributed by atoms with van der Waals surface area (Å²) in [6, 6.07) is 6.87. The molecule has 0 aromatic heterocycles. The maximum absolute atomic E-state index is 12.2. The average molecular weight is 304 g/mol. The minimum Gasteiger partial charge on any atom is -0.390 e. The van der Waals surface area contributed by atoms with E-state index in [4.69, 9.17) is 0 Å². The van der Waals surface area contributed by atoms with Gasteiger partial charge in [0.25, 0.3) is 5.91 Å². The minimum absolute atomic E-state index is 0.110. The molecule has 1 aromatic carbocycles. The number of rotatable bonds is 5. The first-order valence-corrected chi connectivity index (χ1v) is 7.75. The van der Waals surface area contributed by atoms with Crippen molar-refractivity contribution in [3.63, 3.8) is 0 Å². The van der Waals surface area contributed by atoms with Crippen LogP contribution < -0.4 is 10.6 Å². The molecule has 0 aliphatic carbocycles. The summed E-state index contributed by atoms with van der Waals surface area (Å²) in [7, 11) is 0. The lowest BCUT2D eigenvalue weighted by atomic mass is 9.98. The summed E-state index contributed by atoms with van der Waals surface area (Å²) in [6.07, 6.45) is 2.99. The smallest absolute Gasteiger partial charge is 0.251 e. The summed E-state index contributed by atoms with van der Waals surface area (Å²) >= 11 is 0. The van der Waals surface area contributed by atoms with Gasteiger partial charge in [0.15, 0.2) is 0 Å². The maximum Gasteiger partial charge on any atom is 0.251 e. The van der Waals surface area contributed by atoms with E-state index in [0.717, 1.165) is 18.4 Å². The second-order valence-corrected chi connectivity index (χ2v) is 6.47. The predicted octanol–water partition coefficient (Wildman–Crippen LogP) is 1.40. The first-order chi connectivity index (χ1) is 10.3. The molecule has 1 heterocycles. The van der Waals surface area contributed by atoms with Crippen molar-refractivity contribution in [2.24, 2.45) is 0 Å². The molecular weight excluding hydrogens is 280 g/mol. The van der Waals surface area contributed by atoms with E-state index in [2.05, 4.69) is 10.6 Å². The molecule has 120 valence electrons. The number of benzene rings is 1. The van der Waals surface area contributed by atoms with Crippen molar-refractivity contribution in [1.82, 2.24) is 10.6 Å². The molecule has 3 N–H and O–H groups in total. The van der Waals surface area contributed by atoms with Crippen molar-refractivity contribution >= 4 is 11.8 Å². The number of hydrogen-bond donors (Lipinski definition) is 3. The van der Waals surface area contributed by atoms with Crippen molar-refractivity contribution in [3.05, 3.63) is 35.4 Å². The van der Waals surface area contributed by atoms with Crippen molar-refractivity contribution in [2.45, 2.75) is 51.2 Å². The number of carbonyl (C=O) groups is 2. The van der Waals surface area contributed by atoms with Crippen molar-refractivity contribution in [1.29, 1.82) is 0 Å². The highest BCUT2D eigenvalue weighted by molar-refractivity contribution is 5.97. The third kappa shape index (κ3) is 4.84. The standard InChI is InChI=1S/C17H24N2O3/c1-17(2,22)10-9-12-5-7-13(8-6-12)15(20)19-14-4-3-11-18-16(14)21/h5-8,14,22H,3-4,9-11H2,1-2H3,(H,18,21)(H,19,20). The molecule has 1 saturated heterocycles. The molecular formula is C17H24N2O3. The van der Waals surface area contributed by atoms with Gasteiger partial charge < -0.3 is 15.7 Å². The third-order valence-corrected chi connectivity index (χ3v) is 3.83. The van der Waals surface area contributed by atoms with E-state index in [1.807, 2.05) is 12.1 Å². The molecule has 0 bridgehead atoms. The van der Waals surface area contributed by atoms with E-state index in [1.54, 1.807) is 26.0 Å². The van der Waals surface area contributed by atoms with Crippen LogP contribution in [0.1, 0.15) is 49.0 Å². The zero-order valence-corrected chi connectivity index (χ0v) is 13.2. The molecule has 22 heavy (non-hydrogen) atoms. The molecule has 0 radical (unpaired) electrons. The van der Waals surface area contributed by atoms with E-state index >= 15 is 0 Å². The van der Waals surface area contributed by atoms with Crippen LogP contribution in [-0.4, -0.2) is 35.1 Å². The normalized spacial score (nSPS) is 18.7. The van der Waals surface area contributed by atoms with E-state index < -0.39 is 11.6 Å². The molecule has 1 unspecified atom stereocenters. The molecule has 0 spiro atoms. The lowest BCUT2D eigenvalue weighted by molar-refractivity contribution is -0.124. The molecule has 1 aliphatic rings. The van der Waals surface area contributed by atoms with Gasteiger partial charge in [-0.15, -0.1) is 0 Å². The van der Waals surface area contributed by atoms with Crippen LogP contribution in [0.15, 0.2) is 24.3 Å². The largest absolute Gasteiger partial charge is 0.390 e. The van der Waals surface area contributed by atoms with E-state index in [1.165, 1.54) is 0 Å². The number of aliphatic hydroxyl groups is 1. The number of nitrogens with one attached hydrogen (secondary N) is 2. The zero-order chi connectivity index (χ0) is 16.2. The van der Waals surface area contributed by atoms with Gasteiger partial charge in [-0.3, -0.25) is 9.59 Å². The highest BCUT2D eigenvalue weighted by atomic mass is 16.3. The first-order valence-electron chi connectivity index (χ1n) is 7.75. The van der Waals surface area contributed by atoms with Gasteiger partial charge in [0.1, 0.15) is 6.04 Å². The van der Waals surface area contributed by atoms with Gasteiger partial charge >= 0.3 is 0 Å². The molecule has 2 amide bonds. The summed E-state index contributed by atoms with van der Waals surface area (Å²) in [5, 5.41) is 15.2. The van der Waals surface area contributed by atoms with Crippen LogP contribution in [0.5, 0.6) is 0 Å². The van der Waals surface area contributed by atoms with Crippen molar-refractivity contribution in [3.8, 4) is 0 Å². The lowest BCUT2D eigenvalue weighted by Crippen LogP contribution is -2.50. The molecule has 2 rings (SSSR count). The maximum atomic E-state index is 12.2. The Balaban J connectivity index is 1.92. The second kappa shape index (κ2) is 6.92. The van der Waals surface area contributed by atoms with Gasteiger partial charge in [0, 0.05) is 12.1 Å². The number of amides is 2. The minimum atomic E-state index is -0.690. The summed E-state index contributed by atoms with van der Waals surface area (Å²) in [5.41, 5.74) is 0.934. The van der Waals surface area contributed by atoms with Gasteiger partial charge in [-0.05, 0) is 57.2 Å². The lowest BCUT2D eigenvalue weighted by Gasteiger charge is -2.22. The quantitative estimate of drug-likeness (QED) is 0.769. The molecule has 5 nitrogen and oxygen atoms in total. The predicted molar refractivity (Wildman–Crippen MR) is 84.6 cm³/mol. The topological polar surface area (TPSA) is 78.4 Å².